The van der Waals surface area contributed by atoms with Crippen LogP contribution in [-0.2, 0) is 0 Å². The fourth-order valence-electron chi connectivity index (χ4n) is 4.43. The second-order valence-corrected chi connectivity index (χ2v) is 9.09. The molecule has 0 heterocycles. The third-order valence-electron chi connectivity index (χ3n) is 6.41. The van der Waals surface area contributed by atoms with Crippen LogP contribution in [0.1, 0.15) is 33.4 Å². The lowest BCUT2D eigenvalue weighted by Crippen LogP contribution is -2.14. The molecule has 5 nitrogen and oxygen atoms in total. The summed E-state index contributed by atoms with van der Waals surface area (Å²) in [6.07, 6.45) is 0. The van der Waals surface area contributed by atoms with Crippen LogP contribution in [0.2, 0.25) is 0 Å². The maximum atomic E-state index is 10.8. The molecule has 180 valence electrons. The van der Waals surface area contributed by atoms with Crippen LogP contribution in [0.3, 0.4) is 0 Å². The molecule has 3 N–H and O–H groups in total. The zero-order chi connectivity index (χ0) is 25.4. The van der Waals surface area contributed by atoms with Crippen LogP contribution in [0.25, 0.3) is 0 Å². The van der Waals surface area contributed by atoms with Gasteiger partial charge in [-0.3, -0.25) is 0 Å². The Morgan fingerprint density at radius 1 is 0.600 bits per heavy atom. The summed E-state index contributed by atoms with van der Waals surface area (Å²) in [5.74, 6) is 1.40. The minimum atomic E-state index is 0.0668. The van der Waals surface area contributed by atoms with Crippen molar-refractivity contribution in [1.82, 2.24) is 0 Å². The Morgan fingerprint density at radius 3 is 1.69 bits per heavy atom. The summed E-state index contributed by atoms with van der Waals surface area (Å²) in [5.41, 5.74) is 6.92. The van der Waals surface area contributed by atoms with Gasteiger partial charge in [-0.1, -0.05) is 30.3 Å². The third-order valence-corrected chi connectivity index (χ3v) is 6.41. The molecule has 35 heavy (non-hydrogen) atoms. The molecule has 0 unspecified atom stereocenters. The lowest BCUT2D eigenvalue weighted by atomic mass is 10.0. The van der Waals surface area contributed by atoms with Gasteiger partial charge in [0.1, 0.15) is 11.5 Å². The van der Waals surface area contributed by atoms with Crippen molar-refractivity contribution >= 4 is 17.1 Å². The van der Waals surface area contributed by atoms with Gasteiger partial charge in [0.25, 0.3) is 0 Å². The van der Waals surface area contributed by atoms with E-state index in [0.717, 1.165) is 33.6 Å². The van der Waals surface area contributed by atoms with Gasteiger partial charge in [0.15, 0.2) is 17.2 Å². The van der Waals surface area contributed by atoms with E-state index in [2.05, 4.69) is 0 Å². The standard InChI is InChI=1S/C30H31NO4/c1-17-15-20(4)30(26(32)16-17)35-27-10-8-7-9-25(27)31(23-13-11-18(2)28(33)21(23)5)24-14-12-19(3)29(34)22(24)6/h7-16,32-34H,1-6H3. The predicted octanol–water partition coefficient (Wildman–Crippen LogP) is 7.92. The van der Waals surface area contributed by atoms with Gasteiger partial charge in [0, 0.05) is 11.1 Å². The molecule has 0 aliphatic rings. The number of aryl methyl sites for hydroxylation is 4. The highest BCUT2D eigenvalue weighted by Gasteiger charge is 2.24. The molecule has 4 aromatic rings. The van der Waals surface area contributed by atoms with E-state index in [1.54, 1.807) is 6.07 Å². The molecule has 0 amide bonds. The summed E-state index contributed by atoms with van der Waals surface area (Å²) in [7, 11) is 0. The van der Waals surface area contributed by atoms with Crippen molar-refractivity contribution in [2.75, 3.05) is 4.90 Å². The van der Waals surface area contributed by atoms with Gasteiger partial charge >= 0.3 is 0 Å². The van der Waals surface area contributed by atoms with E-state index in [9.17, 15) is 15.3 Å². The zero-order valence-corrected chi connectivity index (χ0v) is 21.0. The smallest absolute Gasteiger partial charge is 0.172 e. The molecule has 0 radical (unpaired) electrons. The highest BCUT2D eigenvalue weighted by Crippen LogP contribution is 2.48. The van der Waals surface area contributed by atoms with Gasteiger partial charge in [0.2, 0.25) is 0 Å². The lowest BCUT2D eigenvalue weighted by molar-refractivity contribution is 0.409. The molecule has 4 rings (SSSR count). The maximum absolute atomic E-state index is 10.8. The minimum Gasteiger partial charge on any atom is -0.507 e. The van der Waals surface area contributed by atoms with E-state index in [0.29, 0.717) is 28.3 Å². The highest BCUT2D eigenvalue weighted by molar-refractivity contribution is 5.85. The van der Waals surface area contributed by atoms with Crippen molar-refractivity contribution < 1.29 is 20.1 Å². The number of hydrogen-bond acceptors (Lipinski definition) is 5. The number of anilines is 3. The lowest BCUT2D eigenvalue weighted by Gasteiger charge is -2.31. The molecule has 0 bridgehead atoms. The maximum Gasteiger partial charge on any atom is 0.172 e. The van der Waals surface area contributed by atoms with Crippen LogP contribution in [0.15, 0.2) is 60.7 Å². The summed E-state index contributed by atoms with van der Waals surface area (Å²) in [6.45, 7) is 11.3. The number of para-hydroxylation sites is 2. The molecule has 0 fully saturated rings. The molecule has 0 aliphatic heterocycles. The van der Waals surface area contributed by atoms with Gasteiger partial charge in [0.05, 0.1) is 17.1 Å². The molecule has 0 spiro atoms. The molecular weight excluding hydrogens is 438 g/mol. The van der Waals surface area contributed by atoms with Crippen LogP contribution in [0.5, 0.6) is 28.7 Å². The van der Waals surface area contributed by atoms with Crippen molar-refractivity contribution in [3.8, 4) is 28.7 Å². The third kappa shape index (κ3) is 4.37. The SMILES string of the molecule is Cc1cc(C)c(Oc2ccccc2N(c2ccc(C)c(O)c2C)c2ccc(C)c(O)c2C)c(O)c1. The number of rotatable bonds is 5. The van der Waals surface area contributed by atoms with E-state index >= 15 is 0 Å². The van der Waals surface area contributed by atoms with Gasteiger partial charge < -0.3 is 25.0 Å². The molecule has 0 aliphatic carbocycles. The van der Waals surface area contributed by atoms with Crippen LogP contribution in [0.4, 0.5) is 17.1 Å². The fraction of sp³-hybridized carbons (Fsp3) is 0.200. The largest absolute Gasteiger partial charge is 0.507 e. The Balaban J connectivity index is 1.98. The van der Waals surface area contributed by atoms with Crippen LogP contribution in [-0.4, -0.2) is 15.3 Å². The highest BCUT2D eigenvalue weighted by atomic mass is 16.5. The summed E-state index contributed by atoms with van der Waals surface area (Å²) in [5, 5.41) is 32.1. The van der Waals surface area contributed by atoms with E-state index in [4.69, 9.17) is 4.74 Å². The number of benzene rings is 4. The van der Waals surface area contributed by atoms with E-state index in [-0.39, 0.29) is 17.2 Å². The van der Waals surface area contributed by atoms with E-state index < -0.39 is 0 Å². The molecule has 0 saturated heterocycles. The van der Waals surface area contributed by atoms with Gasteiger partial charge in [-0.2, -0.15) is 0 Å². The van der Waals surface area contributed by atoms with Crippen LogP contribution < -0.4 is 9.64 Å². The number of ether oxygens (including phenoxy) is 1. The second-order valence-electron chi connectivity index (χ2n) is 9.09. The Bertz CT molecular complexity index is 1340. The number of aromatic hydroxyl groups is 3. The second kappa shape index (κ2) is 9.26. The normalized spacial score (nSPS) is 10.9. The van der Waals surface area contributed by atoms with E-state index in [1.807, 2.05) is 101 Å². The summed E-state index contributed by atoms with van der Waals surface area (Å²) < 4.78 is 6.32. The Kier molecular flexibility index (Phi) is 6.35. The number of phenolic OH excluding ortho intramolecular Hbond substituents is 3. The molecule has 0 atom stereocenters. The molecule has 5 heteroatoms. The average molecular weight is 470 g/mol. The van der Waals surface area contributed by atoms with Crippen molar-refractivity contribution in [2.45, 2.75) is 41.5 Å². The summed E-state index contributed by atoms with van der Waals surface area (Å²) in [6, 6.07) is 18.8. The van der Waals surface area contributed by atoms with Crippen LogP contribution in [0, 0.1) is 41.5 Å². The van der Waals surface area contributed by atoms with Crippen molar-refractivity contribution in [3.05, 3.63) is 94.0 Å². The van der Waals surface area contributed by atoms with Gasteiger partial charge in [-0.05, 0) is 94.1 Å². The monoisotopic (exact) mass is 469 g/mol. The number of hydrogen-bond donors (Lipinski definition) is 3. The van der Waals surface area contributed by atoms with E-state index in [1.165, 1.54) is 0 Å². The van der Waals surface area contributed by atoms with Crippen molar-refractivity contribution in [3.63, 3.8) is 0 Å². The summed E-state index contributed by atoms with van der Waals surface area (Å²) >= 11 is 0. The molecule has 4 aromatic carbocycles. The zero-order valence-electron chi connectivity index (χ0n) is 21.0. The van der Waals surface area contributed by atoms with Gasteiger partial charge in [-0.15, -0.1) is 0 Å². The minimum absolute atomic E-state index is 0.0668. The average Bonchev–Trinajstić information content (AvgIpc) is 2.82. The molecule has 0 saturated carbocycles. The molecular formula is C30H31NO4. The topological polar surface area (TPSA) is 73.2 Å². The quantitative estimate of drug-likeness (QED) is 0.277. The van der Waals surface area contributed by atoms with Gasteiger partial charge in [-0.25, -0.2) is 0 Å². The Labute approximate surface area is 206 Å². The first kappa shape index (κ1) is 24.0. The van der Waals surface area contributed by atoms with Crippen molar-refractivity contribution in [2.24, 2.45) is 0 Å². The Hall–Kier alpha value is -4.12. The molecule has 0 aromatic heterocycles. The van der Waals surface area contributed by atoms with Crippen LogP contribution >= 0.6 is 0 Å². The fourth-order valence-corrected chi connectivity index (χ4v) is 4.43. The Morgan fingerprint density at radius 2 is 1.14 bits per heavy atom. The number of nitrogens with zero attached hydrogens (tertiary/aromatic N) is 1. The van der Waals surface area contributed by atoms with Crippen molar-refractivity contribution in [1.29, 1.82) is 0 Å². The summed E-state index contributed by atoms with van der Waals surface area (Å²) in [4.78, 5) is 1.97. The number of phenols is 3. The first-order valence-electron chi connectivity index (χ1n) is 11.6. The predicted molar refractivity (Wildman–Crippen MR) is 141 cm³/mol. The first-order chi connectivity index (χ1) is 16.6. The first-order valence-corrected chi connectivity index (χ1v) is 11.6.